The van der Waals surface area contributed by atoms with E-state index in [0.29, 0.717) is 12.0 Å². The van der Waals surface area contributed by atoms with Crippen molar-refractivity contribution in [2.45, 2.75) is 16.6 Å². The maximum atomic E-state index is 5.57. The topological polar surface area (TPSA) is 30.8 Å². The van der Waals surface area contributed by atoms with Gasteiger partial charge >= 0.3 is 0 Å². The molecule has 3 aromatic rings. The number of rotatable bonds is 2. The fourth-order valence-corrected chi connectivity index (χ4v) is 5.06. The molecule has 0 amide bonds. The summed E-state index contributed by atoms with van der Waals surface area (Å²) in [6.07, 6.45) is 0.888. The first-order valence-electron chi connectivity index (χ1n) is 8.13. The van der Waals surface area contributed by atoms with E-state index in [9.17, 15) is 0 Å². The number of aliphatic imine (C=N–C) groups is 1. The van der Waals surface area contributed by atoms with Crippen molar-refractivity contribution >= 4 is 34.5 Å². The van der Waals surface area contributed by atoms with E-state index >= 15 is 0 Å². The third-order valence-corrected chi connectivity index (χ3v) is 6.58. The Bertz CT molecular complexity index is 950. The second-order valence-corrected chi connectivity index (χ2v) is 8.12. The Labute approximate surface area is 154 Å². The second-order valence-electron chi connectivity index (χ2n) is 5.93. The molecule has 0 aliphatic carbocycles. The van der Waals surface area contributed by atoms with Crippen molar-refractivity contribution in [3.05, 3.63) is 70.4 Å². The molecule has 0 saturated carbocycles. The highest BCUT2D eigenvalue weighted by Crippen LogP contribution is 2.47. The molecule has 0 bridgehead atoms. The van der Waals surface area contributed by atoms with E-state index in [0.717, 1.165) is 29.3 Å². The molecular formula is C20H15NO2S2. The zero-order chi connectivity index (χ0) is 16.6. The third-order valence-electron chi connectivity index (χ3n) is 4.34. The standard InChI is InChI=1S/C20H15NO2S2/c1-2-5-19-14(4-1)21-15(18-6-3-9-24-18)11-20(25-19)13-7-8-16-17(10-13)23-12-22-16/h1-10,20H,11-12H2/t20-/m0/s1. The van der Waals surface area contributed by atoms with Crippen molar-refractivity contribution in [1.82, 2.24) is 0 Å². The highest BCUT2D eigenvalue weighted by molar-refractivity contribution is 7.99. The van der Waals surface area contributed by atoms with E-state index in [1.54, 1.807) is 11.3 Å². The number of ether oxygens (including phenoxy) is 2. The van der Waals surface area contributed by atoms with Gasteiger partial charge in [0.05, 0.1) is 11.4 Å². The summed E-state index contributed by atoms with van der Waals surface area (Å²) in [5.74, 6) is 1.67. The zero-order valence-electron chi connectivity index (χ0n) is 13.3. The van der Waals surface area contributed by atoms with Crippen LogP contribution in [-0.2, 0) is 0 Å². The smallest absolute Gasteiger partial charge is 0.231 e. The molecule has 0 unspecified atom stereocenters. The van der Waals surface area contributed by atoms with Crippen molar-refractivity contribution < 1.29 is 9.47 Å². The summed E-state index contributed by atoms with van der Waals surface area (Å²) in [7, 11) is 0. The van der Waals surface area contributed by atoms with Gasteiger partial charge in [0.25, 0.3) is 0 Å². The summed E-state index contributed by atoms with van der Waals surface area (Å²) in [6, 6.07) is 18.9. The lowest BCUT2D eigenvalue weighted by Crippen LogP contribution is -2.03. The van der Waals surface area contributed by atoms with Gasteiger partial charge in [0.15, 0.2) is 11.5 Å². The predicted molar refractivity (Wildman–Crippen MR) is 103 cm³/mol. The molecule has 3 heterocycles. The molecule has 124 valence electrons. The van der Waals surface area contributed by atoms with Crippen LogP contribution in [0.2, 0.25) is 0 Å². The van der Waals surface area contributed by atoms with E-state index in [-0.39, 0.29) is 0 Å². The van der Waals surface area contributed by atoms with E-state index in [4.69, 9.17) is 14.5 Å². The van der Waals surface area contributed by atoms with Crippen LogP contribution in [0.25, 0.3) is 0 Å². The first-order chi connectivity index (χ1) is 12.4. The Hall–Kier alpha value is -2.24. The van der Waals surface area contributed by atoms with E-state index in [1.807, 2.05) is 17.8 Å². The molecule has 2 aliphatic rings. The van der Waals surface area contributed by atoms with Gasteiger partial charge < -0.3 is 9.47 Å². The molecule has 0 N–H and O–H groups in total. The van der Waals surface area contributed by atoms with Gasteiger partial charge in [0.1, 0.15) is 0 Å². The highest BCUT2D eigenvalue weighted by Gasteiger charge is 2.24. The van der Waals surface area contributed by atoms with Crippen LogP contribution in [0.5, 0.6) is 11.5 Å². The van der Waals surface area contributed by atoms with Crippen LogP contribution in [-0.4, -0.2) is 12.5 Å². The number of para-hydroxylation sites is 1. The number of hydrogen-bond acceptors (Lipinski definition) is 5. The number of thioether (sulfide) groups is 1. The Kier molecular flexibility index (Phi) is 3.76. The second kappa shape index (κ2) is 6.24. The molecule has 2 aliphatic heterocycles. The van der Waals surface area contributed by atoms with Crippen LogP contribution in [0.3, 0.4) is 0 Å². The lowest BCUT2D eigenvalue weighted by molar-refractivity contribution is 0.174. The van der Waals surface area contributed by atoms with Gasteiger partial charge in [-0.25, -0.2) is 0 Å². The van der Waals surface area contributed by atoms with Crippen molar-refractivity contribution in [3.8, 4) is 11.5 Å². The average Bonchev–Trinajstić information content (AvgIpc) is 3.29. The van der Waals surface area contributed by atoms with Gasteiger partial charge in [-0.15, -0.1) is 23.1 Å². The van der Waals surface area contributed by atoms with Crippen LogP contribution >= 0.6 is 23.1 Å². The van der Waals surface area contributed by atoms with Crippen LogP contribution in [0.4, 0.5) is 5.69 Å². The van der Waals surface area contributed by atoms with Gasteiger partial charge in [0, 0.05) is 21.4 Å². The van der Waals surface area contributed by atoms with Crippen LogP contribution in [0, 0.1) is 0 Å². The minimum absolute atomic E-state index is 0.291. The summed E-state index contributed by atoms with van der Waals surface area (Å²) in [5, 5.41) is 2.40. The summed E-state index contributed by atoms with van der Waals surface area (Å²) >= 11 is 3.62. The van der Waals surface area contributed by atoms with Crippen molar-refractivity contribution in [2.24, 2.45) is 4.99 Å². The summed E-state index contributed by atoms with van der Waals surface area (Å²) in [6.45, 7) is 0.307. The monoisotopic (exact) mass is 365 g/mol. The van der Waals surface area contributed by atoms with Crippen molar-refractivity contribution in [1.29, 1.82) is 0 Å². The minimum atomic E-state index is 0.291. The molecule has 5 rings (SSSR count). The molecule has 2 aromatic carbocycles. The van der Waals surface area contributed by atoms with E-state index in [1.165, 1.54) is 15.3 Å². The Morgan fingerprint density at radius 3 is 2.80 bits per heavy atom. The molecule has 0 radical (unpaired) electrons. The van der Waals surface area contributed by atoms with Gasteiger partial charge in [-0.1, -0.05) is 24.3 Å². The number of nitrogens with zero attached hydrogens (tertiary/aromatic N) is 1. The number of fused-ring (bicyclic) bond motifs is 2. The van der Waals surface area contributed by atoms with Crippen LogP contribution in [0.15, 0.2) is 69.9 Å². The number of thiophene rings is 1. The zero-order valence-corrected chi connectivity index (χ0v) is 15.0. The maximum absolute atomic E-state index is 5.57. The van der Waals surface area contributed by atoms with E-state index in [2.05, 4.69) is 53.9 Å². The summed E-state index contributed by atoms with van der Waals surface area (Å²) < 4.78 is 11.0. The SMILES string of the molecule is c1csc(C2=Nc3ccccc3S[C@H](c3ccc4c(c3)OCO4)C2)c1. The molecular weight excluding hydrogens is 350 g/mol. The fraction of sp³-hybridized carbons (Fsp3) is 0.150. The minimum Gasteiger partial charge on any atom is -0.454 e. The van der Waals surface area contributed by atoms with Gasteiger partial charge in [-0.2, -0.15) is 0 Å². The largest absolute Gasteiger partial charge is 0.454 e. The first-order valence-corrected chi connectivity index (χ1v) is 9.89. The van der Waals surface area contributed by atoms with Crippen molar-refractivity contribution in [3.63, 3.8) is 0 Å². The Morgan fingerprint density at radius 1 is 0.960 bits per heavy atom. The first kappa shape index (κ1) is 15.0. The average molecular weight is 365 g/mol. The summed E-state index contributed by atoms with van der Waals surface area (Å²) in [5.41, 5.74) is 3.45. The molecule has 5 heteroatoms. The van der Waals surface area contributed by atoms with Gasteiger partial charge in [0.2, 0.25) is 6.79 Å². The van der Waals surface area contributed by atoms with Crippen molar-refractivity contribution in [2.75, 3.05) is 6.79 Å². The number of hydrogen-bond donors (Lipinski definition) is 0. The normalized spacial score (nSPS) is 18.4. The molecule has 25 heavy (non-hydrogen) atoms. The Morgan fingerprint density at radius 2 is 1.88 bits per heavy atom. The van der Waals surface area contributed by atoms with E-state index < -0.39 is 0 Å². The molecule has 0 spiro atoms. The molecule has 1 atom stereocenters. The van der Waals surface area contributed by atoms with Gasteiger partial charge in [-0.3, -0.25) is 4.99 Å². The predicted octanol–water partition coefficient (Wildman–Crippen LogP) is 5.83. The highest BCUT2D eigenvalue weighted by atomic mass is 32.2. The van der Waals surface area contributed by atoms with Crippen LogP contribution in [0.1, 0.15) is 22.1 Å². The fourth-order valence-electron chi connectivity index (χ4n) is 3.11. The lowest BCUT2D eigenvalue weighted by atomic mass is 10.0. The Balaban J connectivity index is 1.58. The third kappa shape index (κ3) is 2.83. The quantitative estimate of drug-likeness (QED) is 0.572. The lowest BCUT2D eigenvalue weighted by Gasteiger charge is -2.16. The maximum Gasteiger partial charge on any atom is 0.231 e. The molecule has 0 fully saturated rings. The van der Waals surface area contributed by atoms with Crippen LogP contribution < -0.4 is 9.47 Å². The molecule has 0 saturated heterocycles. The van der Waals surface area contributed by atoms with Gasteiger partial charge in [-0.05, 0) is 41.3 Å². The summed E-state index contributed by atoms with van der Waals surface area (Å²) in [4.78, 5) is 7.44. The number of benzene rings is 2. The molecule has 1 aromatic heterocycles. The molecule has 3 nitrogen and oxygen atoms in total.